The van der Waals surface area contributed by atoms with Crippen molar-refractivity contribution in [3.63, 3.8) is 0 Å². The number of para-hydroxylation sites is 1. The first-order chi connectivity index (χ1) is 15.1. The molecule has 1 amide bonds. The number of rotatable bonds is 4. The molecule has 0 unspecified atom stereocenters. The first kappa shape index (κ1) is 19.5. The summed E-state index contributed by atoms with van der Waals surface area (Å²) in [5.41, 5.74) is 4.85. The van der Waals surface area contributed by atoms with Gasteiger partial charge in [0.1, 0.15) is 10.6 Å². The maximum Gasteiger partial charge on any atom is 0.291 e. The number of fused-ring (bicyclic) bond motifs is 1. The number of thiazole rings is 1. The van der Waals surface area contributed by atoms with Crippen LogP contribution in [0, 0.1) is 6.92 Å². The summed E-state index contributed by atoms with van der Waals surface area (Å²) in [6.07, 6.45) is 0. The number of furan rings is 1. The third kappa shape index (κ3) is 3.74. The lowest BCUT2D eigenvalue weighted by Gasteiger charge is -2.06. The van der Waals surface area contributed by atoms with Crippen molar-refractivity contribution in [3.8, 4) is 21.8 Å². The highest BCUT2D eigenvalue weighted by molar-refractivity contribution is 7.13. The number of aromatic nitrogens is 1. The molecule has 1 N–H and O–H groups in total. The molecule has 4 nitrogen and oxygen atoms in total. The molecule has 0 aliphatic carbocycles. The zero-order valence-corrected chi connectivity index (χ0v) is 18.1. The third-order valence-electron chi connectivity index (χ3n) is 5.07. The van der Waals surface area contributed by atoms with Crippen molar-refractivity contribution in [1.29, 1.82) is 0 Å². The van der Waals surface area contributed by atoms with E-state index in [1.165, 1.54) is 11.3 Å². The average molecular weight is 445 g/mol. The zero-order chi connectivity index (χ0) is 21.4. The van der Waals surface area contributed by atoms with Gasteiger partial charge in [-0.15, -0.1) is 11.3 Å². The Morgan fingerprint density at radius 2 is 1.84 bits per heavy atom. The monoisotopic (exact) mass is 444 g/mol. The van der Waals surface area contributed by atoms with Crippen LogP contribution in [0.2, 0.25) is 5.02 Å². The SMILES string of the molecule is Cc1c(C(=O)Nc2cccc(-c3csc(-c4ccccc4Cl)n3)c2)oc2ccccc12. The van der Waals surface area contributed by atoms with E-state index in [-0.39, 0.29) is 5.91 Å². The Morgan fingerprint density at radius 3 is 2.68 bits per heavy atom. The van der Waals surface area contributed by atoms with Crippen LogP contribution < -0.4 is 5.32 Å². The number of benzene rings is 3. The van der Waals surface area contributed by atoms with E-state index < -0.39 is 0 Å². The van der Waals surface area contributed by atoms with Crippen molar-refractivity contribution >= 4 is 45.5 Å². The lowest BCUT2D eigenvalue weighted by molar-refractivity contribution is 0.0998. The number of aryl methyl sites for hydroxylation is 1. The van der Waals surface area contributed by atoms with Crippen molar-refractivity contribution in [3.05, 3.63) is 94.5 Å². The van der Waals surface area contributed by atoms with Crippen molar-refractivity contribution in [1.82, 2.24) is 4.98 Å². The van der Waals surface area contributed by atoms with Crippen molar-refractivity contribution < 1.29 is 9.21 Å². The van der Waals surface area contributed by atoms with Crippen LogP contribution in [-0.4, -0.2) is 10.9 Å². The van der Waals surface area contributed by atoms with Crippen LogP contribution in [0.15, 0.2) is 82.6 Å². The van der Waals surface area contributed by atoms with Crippen molar-refractivity contribution in [2.75, 3.05) is 5.32 Å². The maximum atomic E-state index is 12.8. The quantitative estimate of drug-likeness (QED) is 0.313. The van der Waals surface area contributed by atoms with E-state index in [9.17, 15) is 4.79 Å². The lowest BCUT2D eigenvalue weighted by Crippen LogP contribution is -2.12. The van der Waals surface area contributed by atoms with Crippen LogP contribution in [0.3, 0.4) is 0 Å². The molecule has 0 bridgehead atoms. The molecule has 0 atom stereocenters. The van der Waals surface area contributed by atoms with Gasteiger partial charge in [-0.25, -0.2) is 4.98 Å². The fourth-order valence-electron chi connectivity index (χ4n) is 3.50. The number of halogens is 1. The highest BCUT2D eigenvalue weighted by Gasteiger charge is 2.18. The van der Waals surface area contributed by atoms with Gasteiger partial charge in [0.05, 0.1) is 10.7 Å². The average Bonchev–Trinajstić information content (AvgIpc) is 3.40. The van der Waals surface area contributed by atoms with Gasteiger partial charge < -0.3 is 9.73 Å². The molecule has 0 aliphatic heterocycles. The zero-order valence-electron chi connectivity index (χ0n) is 16.6. The molecule has 6 heteroatoms. The molecular formula is C25H17ClN2O2S. The van der Waals surface area contributed by atoms with Crippen LogP contribution in [0.4, 0.5) is 5.69 Å². The van der Waals surface area contributed by atoms with Gasteiger partial charge in [-0.3, -0.25) is 4.79 Å². The minimum Gasteiger partial charge on any atom is -0.451 e. The Morgan fingerprint density at radius 1 is 1.03 bits per heavy atom. The molecule has 5 aromatic rings. The fraction of sp³-hybridized carbons (Fsp3) is 0.0400. The van der Waals surface area contributed by atoms with Gasteiger partial charge in [0.15, 0.2) is 5.76 Å². The van der Waals surface area contributed by atoms with E-state index in [4.69, 9.17) is 21.0 Å². The summed E-state index contributed by atoms with van der Waals surface area (Å²) in [4.78, 5) is 17.6. The Labute approximate surface area is 188 Å². The molecule has 0 saturated carbocycles. The fourth-order valence-corrected chi connectivity index (χ4v) is 4.65. The van der Waals surface area contributed by atoms with E-state index >= 15 is 0 Å². The Balaban J connectivity index is 1.41. The van der Waals surface area contributed by atoms with Gasteiger partial charge in [-0.1, -0.05) is 60.1 Å². The maximum absolute atomic E-state index is 12.8. The number of amides is 1. The highest BCUT2D eigenvalue weighted by atomic mass is 35.5. The molecule has 3 aromatic carbocycles. The lowest BCUT2D eigenvalue weighted by atomic mass is 10.1. The summed E-state index contributed by atoms with van der Waals surface area (Å²) < 4.78 is 5.78. The largest absolute Gasteiger partial charge is 0.451 e. The summed E-state index contributed by atoms with van der Waals surface area (Å²) in [6, 6.07) is 22.9. The summed E-state index contributed by atoms with van der Waals surface area (Å²) in [5.74, 6) is 0.0437. The summed E-state index contributed by atoms with van der Waals surface area (Å²) in [7, 11) is 0. The highest BCUT2D eigenvalue weighted by Crippen LogP contribution is 2.34. The molecule has 0 fully saturated rings. The first-order valence-corrected chi connectivity index (χ1v) is 11.0. The number of hydrogen-bond donors (Lipinski definition) is 1. The molecular weight excluding hydrogens is 428 g/mol. The second-order valence-corrected chi connectivity index (χ2v) is 8.37. The van der Waals surface area contributed by atoms with E-state index in [0.29, 0.717) is 22.1 Å². The predicted octanol–water partition coefficient (Wildman–Crippen LogP) is 7.44. The third-order valence-corrected chi connectivity index (χ3v) is 6.28. The van der Waals surface area contributed by atoms with Crippen LogP contribution in [0.1, 0.15) is 16.1 Å². The van der Waals surface area contributed by atoms with Gasteiger partial charge >= 0.3 is 0 Å². The Bertz CT molecular complexity index is 1420. The molecule has 0 saturated heterocycles. The summed E-state index contributed by atoms with van der Waals surface area (Å²) >= 11 is 7.84. The number of nitrogens with zero attached hydrogens (tertiary/aromatic N) is 1. The van der Waals surface area contributed by atoms with E-state index in [2.05, 4.69) is 5.32 Å². The first-order valence-electron chi connectivity index (χ1n) is 9.70. The molecule has 2 heterocycles. The standard InChI is InChI=1S/C25H17ClN2O2S/c1-15-18-9-3-5-12-22(18)30-23(15)24(29)27-17-8-6-7-16(13-17)21-14-31-25(28-21)19-10-2-4-11-20(19)26/h2-14H,1H3,(H,27,29). The number of carbonyl (C=O) groups is 1. The minimum absolute atomic E-state index is 0.277. The molecule has 31 heavy (non-hydrogen) atoms. The molecule has 0 radical (unpaired) electrons. The van der Waals surface area contributed by atoms with Crippen LogP contribution in [-0.2, 0) is 0 Å². The van der Waals surface area contributed by atoms with E-state index in [1.54, 1.807) is 0 Å². The normalized spacial score (nSPS) is 11.0. The Kier molecular flexibility index (Phi) is 5.06. The summed E-state index contributed by atoms with van der Waals surface area (Å²) in [6.45, 7) is 1.89. The number of carbonyl (C=O) groups excluding carboxylic acids is 1. The van der Waals surface area contributed by atoms with Crippen LogP contribution >= 0.6 is 22.9 Å². The van der Waals surface area contributed by atoms with E-state index in [1.807, 2.05) is 85.1 Å². The van der Waals surface area contributed by atoms with Gasteiger partial charge in [-0.2, -0.15) is 0 Å². The second-order valence-electron chi connectivity index (χ2n) is 7.11. The predicted molar refractivity (Wildman–Crippen MR) is 127 cm³/mol. The smallest absolute Gasteiger partial charge is 0.291 e. The molecule has 2 aromatic heterocycles. The molecule has 152 valence electrons. The number of nitrogens with one attached hydrogen (secondary N) is 1. The number of hydrogen-bond acceptors (Lipinski definition) is 4. The molecule has 0 aliphatic rings. The van der Waals surface area contributed by atoms with Gasteiger partial charge in [-0.05, 0) is 31.2 Å². The Hall–Kier alpha value is -3.41. The number of anilines is 1. The molecule has 5 rings (SSSR count). The van der Waals surface area contributed by atoms with Crippen molar-refractivity contribution in [2.45, 2.75) is 6.92 Å². The second kappa shape index (κ2) is 8.02. The van der Waals surface area contributed by atoms with Gasteiger partial charge in [0, 0.05) is 33.1 Å². The van der Waals surface area contributed by atoms with Crippen LogP contribution in [0.25, 0.3) is 32.8 Å². The van der Waals surface area contributed by atoms with Crippen LogP contribution in [0.5, 0.6) is 0 Å². The van der Waals surface area contributed by atoms with E-state index in [0.717, 1.165) is 32.8 Å². The van der Waals surface area contributed by atoms with Gasteiger partial charge in [0.25, 0.3) is 5.91 Å². The van der Waals surface area contributed by atoms with Gasteiger partial charge in [0.2, 0.25) is 0 Å². The topological polar surface area (TPSA) is 55.1 Å². The van der Waals surface area contributed by atoms with Crippen molar-refractivity contribution in [2.24, 2.45) is 0 Å². The molecule has 0 spiro atoms. The minimum atomic E-state index is -0.277. The summed E-state index contributed by atoms with van der Waals surface area (Å²) in [5, 5.41) is 7.40.